The van der Waals surface area contributed by atoms with Gasteiger partial charge in [-0.1, -0.05) is 0 Å². The number of hydrogen-bond donors (Lipinski definition) is 0. The lowest BCUT2D eigenvalue weighted by Crippen LogP contribution is -2.20. The van der Waals surface area contributed by atoms with Crippen molar-refractivity contribution in [2.24, 2.45) is 41.4 Å². The molecule has 0 aromatic heterocycles. The van der Waals surface area contributed by atoms with E-state index in [9.17, 15) is 4.79 Å². The Morgan fingerprint density at radius 2 is 1.75 bits per heavy atom. The van der Waals surface area contributed by atoms with Crippen LogP contribution >= 0.6 is 0 Å². The monoisotopic (exact) mass is 162 g/mol. The molecule has 7 atom stereocenters. The highest BCUT2D eigenvalue weighted by atomic mass is 16.1. The Kier molecular flexibility index (Phi) is 0.779. The molecule has 6 bridgehead atoms. The summed E-state index contributed by atoms with van der Waals surface area (Å²) in [5.74, 6) is 7.07. The summed E-state index contributed by atoms with van der Waals surface area (Å²) >= 11 is 0. The van der Waals surface area contributed by atoms with Crippen LogP contribution in [0.1, 0.15) is 19.8 Å². The van der Waals surface area contributed by atoms with Gasteiger partial charge in [-0.2, -0.15) is 0 Å². The van der Waals surface area contributed by atoms with Crippen LogP contribution in [0.15, 0.2) is 0 Å². The summed E-state index contributed by atoms with van der Waals surface area (Å²) in [6.45, 7) is 1.81. The Morgan fingerprint density at radius 1 is 1.00 bits per heavy atom. The van der Waals surface area contributed by atoms with Gasteiger partial charge in [0, 0.05) is 5.92 Å². The van der Waals surface area contributed by atoms with Crippen molar-refractivity contribution < 1.29 is 4.79 Å². The van der Waals surface area contributed by atoms with E-state index in [2.05, 4.69) is 0 Å². The van der Waals surface area contributed by atoms with Gasteiger partial charge >= 0.3 is 0 Å². The number of hydrogen-bond acceptors (Lipinski definition) is 1. The maximum absolute atomic E-state index is 11.4. The van der Waals surface area contributed by atoms with E-state index < -0.39 is 0 Å². The summed E-state index contributed by atoms with van der Waals surface area (Å²) in [6.07, 6.45) is 2.76. The molecule has 0 N–H and O–H groups in total. The lowest BCUT2D eigenvalue weighted by molar-refractivity contribution is -0.122. The van der Waals surface area contributed by atoms with Crippen molar-refractivity contribution in [1.29, 1.82) is 0 Å². The van der Waals surface area contributed by atoms with Crippen molar-refractivity contribution in [3.63, 3.8) is 0 Å². The quantitative estimate of drug-likeness (QED) is 0.574. The van der Waals surface area contributed by atoms with Crippen LogP contribution in [0.5, 0.6) is 0 Å². The molecular formula is C11H14O. The Balaban J connectivity index is 1.79. The summed E-state index contributed by atoms with van der Waals surface area (Å²) in [5.41, 5.74) is 0. The van der Waals surface area contributed by atoms with E-state index in [4.69, 9.17) is 0 Å². The van der Waals surface area contributed by atoms with E-state index in [-0.39, 0.29) is 0 Å². The molecule has 0 saturated heterocycles. The molecule has 1 heteroatoms. The average molecular weight is 162 g/mol. The van der Waals surface area contributed by atoms with Crippen molar-refractivity contribution in [1.82, 2.24) is 0 Å². The van der Waals surface area contributed by atoms with Gasteiger partial charge in [0.2, 0.25) is 0 Å². The largest absolute Gasteiger partial charge is 0.300 e. The Hall–Kier alpha value is -0.330. The highest BCUT2D eigenvalue weighted by molar-refractivity contribution is 5.79. The van der Waals surface area contributed by atoms with Crippen LogP contribution in [0.2, 0.25) is 0 Å². The first-order chi connectivity index (χ1) is 5.79. The highest BCUT2D eigenvalue weighted by Gasteiger charge is 2.77. The van der Waals surface area contributed by atoms with Gasteiger partial charge in [0.1, 0.15) is 5.78 Å². The van der Waals surface area contributed by atoms with Crippen LogP contribution in [0.25, 0.3) is 0 Å². The van der Waals surface area contributed by atoms with Gasteiger partial charge in [-0.25, -0.2) is 0 Å². The molecule has 0 heterocycles. The summed E-state index contributed by atoms with van der Waals surface area (Å²) in [4.78, 5) is 11.4. The van der Waals surface area contributed by atoms with Gasteiger partial charge in [0.25, 0.3) is 0 Å². The molecule has 5 saturated carbocycles. The molecule has 1 nitrogen and oxygen atoms in total. The van der Waals surface area contributed by atoms with Crippen LogP contribution in [0.3, 0.4) is 0 Å². The number of carbonyl (C=O) groups excluding carboxylic acids is 1. The first-order valence-electron chi connectivity index (χ1n) is 5.29. The van der Waals surface area contributed by atoms with Gasteiger partial charge in [-0.05, 0) is 55.3 Å². The zero-order chi connectivity index (χ0) is 8.03. The molecule has 0 aromatic rings. The van der Waals surface area contributed by atoms with Gasteiger partial charge in [-0.3, -0.25) is 4.79 Å². The normalized spacial score (nSPS) is 68.9. The third-order valence-corrected chi connectivity index (χ3v) is 5.33. The maximum Gasteiger partial charge on any atom is 0.133 e. The van der Waals surface area contributed by atoms with Crippen LogP contribution in [-0.4, -0.2) is 5.78 Å². The fourth-order valence-corrected chi connectivity index (χ4v) is 5.18. The van der Waals surface area contributed by atoms with E-state index in [0.717, 1.165) is 35.5 Å². The molecule has 2 unspecified atom stereocenters. The number of Topliss-reactive ketones (excluding diaryl/α,β-unsaturated/α-hetero) is 1. The van der Waals surface area contributed by atoms with Crippen molar-refractivity contribution in [2.45, 2.75) is 19.8 Å². The molecule has 5 fully saturated rings. The van der Waals surface area contributed by atoms with Crippen LogP contribution in [0.4, 0.5) is 0 Å². The standard InChI is InChI=1S/C11H14O/c1-4(12)5-2-6-7-3-8-10(6)11(8)9(5)7/h5-11H,2-3H2,1H3/t5-,6+,7+,8-,9-,10?,11?/m1/s1. The second-order valence-electron chi connectivity index (χ2n) is 5.41. The van der Waals surface area contributed by atoms with Gasteiger partial charge in [0.15, 0.2) is 0 Å². The van der Waals surface area contributed by atoms with Crippen LogP contribution < -0.4 is 0 Å². The predicted octanol–water partition coefficient (Wildman–Crippen LogP) is 1.72. The van der Waals surface area contributed by atoms with Crippen molar-refractivity contribution in [3.05, 3.63) is 0 Å². The average Bonchev–Trinajstić information content (AvgIpc) is 2.45. The third-order valence-electron chi connectivity index (χ3n) is 5.33. The lowest BCUT2D eigenvalue weighted by Gasteiger charge is -2.17. The van der Waals surface area contributed by atoms with E-state index in [1.165, 1.54) is 12.8 Å². The van der Waals surface area contributed by atoms with E-state index in [1.807, 2.05) is 0 Å². The second-order valence-corrected chi connectivity index (χ2v) is 5.41. The van der Waals surface area contributed by atoms with E-state index in [0.29, 0.717) is 11.7 Å². The molecule has 5 aliphatic carbocycles. The molecular weight excluding hydrogens is 148 g/mol. The summed E-state index contributed by atoms with van der Waals surface area (Å²) in [5, 5.41) is 0. The summed E-state index contributed by atoms with van der Waals surface area (Å²) < 4.78 is 0. The minimum Gasteiger partial charge on any atom is -0.300 e. The molecule has 0 radical (unpaired) electrons. The third kappa shape index (κ3) is 0.419. The molecule has 12 heavy (non-hydrogen) atoms. The SMILES string of the molecule is CC(=O)[C@H]1C[C@@H]2C3C4[C@@H]3C[C@@H]2[C@H]41. The molecule has 5 aliphatic rings. The lowest BCUT2D eigenvalue weighted by atomic mass is 9.86. The van der Waals surface area contributed by atoms with E-state index >= 15 is 0 Å². The first kappa shape index (κ1) is 6.17. The fourth-order valence-electron chi connectivity index (χ4n) is 5.18. The maximum atomic E-state index is 11.4. The number of carbonyl (C=O) groups is 1. The van der Waals surface area contributed by atoms with Gasteiger partial charge < -0.3 is 0 Å². The zero-order valence-corrected chi connectivity index (χ0v) is 7.36. The Bertz CT molecular complexity index is 283. The Labute approximate surface area is 72.5 Å². The van der Waals surface area contributed by atoms with Crippen LogP contribution in [0, 0.1) is 41.4 Å². The molecule has 0 aromatic carbocycles. The second kappa shape index (κ2) is 1.51. The molecule has 0 amide bonds. The molecule has 0 aliphatic heterocycles. The summed E-state index contributed by atoms with van der Waals surface area (Å²) in [7, 11) is 0. The molecule has 64 valence electrons. The van der Waals surface area contributed by atoms with Crippen molar-refractivity contribution in [3.8, 4) is 0 Å². The highest BCUT2D eigenvalue weighted by Crippen LogP contribution is 2.82. The molecule has 5 rings (SSSR count). The first-order valence-corrected chi connectivity index (χ1v) is 5.29. The molecule has 0 spiro atoms. The Morgan fingerprint density at radius 3 is 2.25 bits per heavy atom. The van der Waals surface area contributed by atoms with Crippen molar-refractivity contribution in [2.75, 3.05) is 0 Å². The zero-order valence-electron chi connectivity index (χ0n) is 7.36. The van der Waals surface area contributed by atoms with Crippen molar-refractivity contribution >= 4 is 5.78 Å². The summed E-state index contributed by atoms with van der Waals surface area (Å²) in [6, 6.07) is 0. The minimum absolute atomic E-state index is 0.485. The smallest absolute Gasteiger partial charge is 0.133 e. The number of rotatable bonds is 1. The predicted molar refractivity (Wildman–Crippen MR) is 44.3 cm³/mol. The fraction of sp³-hybridized carbons (Fsp3) is 0.909. The number of ketones is 1. The van der Waals surface area contributed by atoms with E-state index in [1.54, 1.807) is 6.92 Å². The van der Waals surface area contributed by atoms with Gasteiger partial charge in [0.05, 0.1) is 0 Å². The van der Waals surface area contributed by atoms with Gasteiger partial charge in [-0.15, -0.1) is 0 Å². The topological polar surface area (TPSA) is 17.1 Å². The minimum atomic E-state index is 0.485. The van der Waals surface area contributed by atoms with Crippen LogP contribution in [-0.2, 0) is 4.79 Å².